The molecule has 3 rings (SSSR count). The fraction of sp³-hybridized carbons (Fsp3) is 0.650. The lowest BCUT2D eigenvalue weighted by Crippen LogP contribution is -2.50. The summed E-state index contributed by atoms with van der Waals surface area (Å²) in [7, 11) is 1.41. The van der Waals surface area contributed by atoms with Crippen molar-refractivity contribution in [3.63, 3.8) is 0 Å². The van der Waals surface area contributed by atoms with Crippen molar-refractivity contribution in [1.29, 1.82) is 0 Å². The number of benzene rings is 1. The first-order chi connectivity index (χ1) is 12.6. The van der Waals surface area contributed by atoms with Gasteiger partial charge in [-0.25, -0.2) is 8.78 Å². The van der Waals surface area contributed by atoms with Gasteiger partial charge < -0.3 is 9.64 Å². The molecule has 1 aromatic rings. The molecule has 0 spiro atoms. The van der Waals surface area contributed by atoms with Crippen LogP contribution >= 0.6 is 0 Å². The summed E-state index contributed by atoms with van der Waals surface area (Å²) in [5.74, 6) is -0.853. The lowest BCUT2D eigenvalue weighted by molar-refractivity contribution is -0.141. The summed E-state index contributed by atoms with van der Waals surface area (Å²) >= 11 is 0. The van der Waals surface area contributed by atoms with Crippen molar-refractivity contribution in [2.24, 2.45) is 5.92 Å². The first-order valence-electron chi connectivity index (χ1n) is 9.54. The van der Waals surface area contributed by atoms with Gasteiger partial charge in [0.1, 0.15) is 11.6 Å². The lowest BCUT2D eigenvalue weighted by atomic mass is 9.87. The van der Waals surface area contributed by atoms with Crippen LogP contribution in [0.5, 0.6) is 0 Å². The molecule has 0 radical (unpaired) electrons. The average molecular weight is 366 g/mol. The lowest BCUT2D eigenvalue weighted by Gasteiger charge is -2.43. The van der Waals surface area contributed by atoms with Crippen molar-refractivity contribution in [1.82, 2.24) is 9.80 Å². The van der Waals surface area contributed by atoms with Crippen LogP contribution in [-0.2, 0) is 16.1 Å². The Balaban J connectivity index is 1.67. The maximum Gasteiger partial charge on any atom is 0.305 e. The summed E-state index contributed by atoms with van der Waals surface area (Å²) in [4.78, 5) is 16.2. The molecule has 2 fully saturated rings. The van der Waals surface area contributed by atoms with Gasteiger partial charge in [0, 0.05) is 37.7 Å². The van der Waals surface area contributed by atoms with E-state index in [9.17, 15) is 13.6 Å². The minimum Gasteiger partial charge on any atom is -0.469 e. The summed E-state index contributed by atoms with van der Waals surface area (Å²) in [6.07, 6.45) is 4.58. The molecule has 144 valence electrons. The standard InChI is InChI=1S/C20H28F2N2O2/c1-26-20(25)8-7-15-13-23(12-9-19(15)24-10-2-3-11-24)14-16-17(21)5-4-6-18(16)22/h4-6,15,19H,2-3,7-14H2,1H3/t15-,19+/m0/s1. The summed E-state index contributed by atoms with van der Waals surface area (Å²) in [6.45, 7) is 4.08. The van der Waals surface area contributed by atoms with E-state index in [2.05, 4.69) is 9.80 Å². The number of piperidine rings is 1. The molecule has 0 aliphatic carbocycles. The third-order valence-corrected chi connectivity index (χ3v) is 5.78. The first kappa shape index (κ1) is 19.2. The second kappa shape index (κ2) is 8.91. The normalized spacial score (nSPS) is 24.7. The molecule has 2 heterocycles. The maximum atomic E-state index is 14.0. The van der Waals surface area contributed by atoms with Crippen LogP contribution in [0.15, 0.2) is 18.2 Å². The number of esters is 1. The highest BCUT2D eigenvalue weighted by Crippen LogP contribution is 2.30. The highest BCUT2D eigenvalue weighted by atomic mass is 19.1. The van der Waals surface area contributed by atoms with Gasteiger partial charge in [-0.05, 0) is 56.8 Å². The van der Waals surface area contributed by atoms with Crippen molar-refractivity contribution in [3.05, 3.63) is 35.4 Å². The van der Waals surface area contributed by atoms with Crippen LogP contribution in [0, 0.1) is 17.6 Å². The van der Waals surface area contributed by atoms with Crippen molar-refractivity contribution < 1.29 is 18.3 Å². The number of carbonyl (C=O) groups is 1. The zero-order valence-electron chi connectivity index (χ0n) is 15.4. The highest BCUT2D eigenvalue weighted by molar-refractivity contribution is 5.69. The van der Waals surface area contributed by atoms with Crippen LogP contribution < -0.4 is 0 Å². The van der Waals surface area contributed by atoms with Crippen LogP contribution in [0.3, 0.4) is 0 Å². The SMILES string of the molecule is COC(=O)CC[C@H]1CN(Cc2c(F)cccc2F)CC[C@H]1N1CCCC1. The number of carbonyl (C=O) groups excluding carboxylic acids is 1. The number of methoxy groups -OCH3 is 1. The number of ether oxygens (including phenoxy) is 1. The van der Waals surface area contributed by atoms with Crippen molar-refractivity contribution in [2.75, 3.05) is 33.3 Å². The number of hydrogen-bond donors (Lipinski definition) is 0. The van der Waals surface area contributed by atoms with Crippen LogP contribution in [0.25, 0.3) is 0 Å². The van der Waals surface area contributed by atoms with E-state index in [0.29, 0.717) is 18.4 Å². The van der Waals surface area contributed by atoms with Gasteiger partial charge in [0.15, 0.2) is 0 Å². The number of likely N-dealkylation sites (tertiary alicyclic amines) is 2. The third kappa shape index (κ3) is 4.60. The van der Waals surface area contributed by atoms with Crippen LogP contribution in [0.4, 0.5) is 8.78 Å². The summed E-state index contributed by atoms with van der Waals surface area (Å²) in [5.41, 5.74) is 0.138. The van der Waals surface area contributed by atoms with Gasteiger partial charge >= 0.3 is 5.97 Å². The zero-order valence-corrected chi connectivity index (χ0v) is 15.4. The van der Waals surface area contributed by atoms with Gasteiger partial charge in [0.05, 0.1) is 7.11 Å². The number of halogens is 2. The molecular formula is C20H28F2N2O2. The third-order valence-electron chi connectivity index (χ3n) is 5.78. The molecule has 2 aliphatic rings. The Morgan fingerprint density at radius 2 is 1.88 bits per heavy atom. The Morgan fingerprint density at radius 3 is 2.54 bits per heavy atom. The molecule has 0 amide bonds. The Kier molecular flexibility index (Phi) is 6.59. The summed E-state index contributed by atoms with van der Waals surface area (Å²) in [6, 6.07) is 4.46. The Labute approximate surface area is 154 Å². The molecule has 4 nitrogen and oxygen atoms in total. The Morgan fingerprint density at radius 1 is 1.19 bits per heavy atom. The topological polar surface area (TPSA) is 32.8 Å². The van der Waals surface area contributed by atoms with E-state index >= 15 is 0 Å². The van der Waals surface area contributed by atoms with Gasteiger partial charge in [-0.15, -0.1) is 0 Å². The van der Waals surface area contributed by atoms with Crippen molar-refractivity contribution in [3.8, 4) is 0 Å². The minimum atomic E-state index is -0.488. The molecule has 0 bridgehead atoms. The van der Waals surface area contributed by atoms with Crippen LogP contribution in [-0.4, -0.2) is 55.1 Å². The molecule has 1 aromatic carbocycles. The van der Waals surface area contributed by atoms with E-state index in [1.807, 2.05) is 0 Å². The van der Waals surface area contributed by atoms with Crippen LogP contribution in [0.1, 0.15) is 37.7 Å². The van der Waals surface area contributed by atoms with E-state index in [-0.39, 0.29) is 18.1 Å². The molecule has 0 unspecified atom stereocenters. The fourth-order valence-corrected chi connectivity index (χ4v) is 4.39. The predicted octanol–water partition coefficient (Wildman–Crippen LogP) is 3.20. The second-order valence-electron chi connectivity index (χ2n) is 7.41. The maximum absolute atomic E-state index is 14.0. The van der Waals surface area contributed by atoms with Gasteiger partial charge in [0.2, 0.25) is 0 Å². The van der Waals surface area contributed by atoms with E-state index in [1.54, 1.807) is 0 Å². The number of nitrogens with zero attached hydrogens (tertiary/aromatic N) is 2. The molecule has 26 heavy (non-hydrogen) atoms. The molecule has 2 aliphatic heterocycles. The Bertz CT molecular complexity index is 600. The molecule has 0 N–H and O–H groups in total. The Hall–Kier alpha value is -1.53. The fourth-order valence-electron chi connectivity index (χ4n) is 4.39. The van der Waals surface area contributed by atoms with Crippen LogP contribution in [0.2, 0.25) is 0 Å². The molecule has 2 saturated heterocycles. The van der Waals surface area contributed by atoms with Gasteiger partial charge in [-0.1, -0.05) is 6.07 Å². The minimum absolute atomic E-state index is 0.138. The van der Waals surface area contributed by atoms with Gasteiger partial charge in [-0.2, -0.15) is 0 Å². The summed E-state index contributed by atoms with van der Waals surface area (Å²) < 4.78 is 32.8. The molecule has 6 heteroatoms. The summed E-state index contributed by atoms with van der Waals surface area (Å²) in [5, 5.41) is 0. The molecule has 0 aromatic heterocycles. The first-order valence-corrected chi connectivity index (χ1v) is 9.54. The van der Waals surface area contributed by atoms with E-state index in [4.69, 9.17) is 4.74 Å². The van der Waals surface area contributed by atoms with E-state index < -0.39 is 11.6 Å². The van der Waals surface area contributed by atoms with Gasteiger partial charge in [0.25, 0.3) is 0 Å². The number of hydrogen-bond acceptors (Lipinski definition) is 4. The van der Waals surface area contributed by atoms with E-state index in [0.717, 1.165) is 39.0 Å². The predicted molar refractivity (Wildman–Crippen MR) is 95.6 cm³/mol. The largest absolute Gasteiger partial charge is 0.469 e. The average Bonchev–Trinajstić information content (AvgIpc) is 3.17. The van der Waals surface area contributed by atoms with Crippen molar-refractivity contribution >= 4 is 5.97 Å². The smallest absolute Gasteiger partial charge is 0.305 e. The van der Waals surface area contributed by atoms with Crippen molar-refractivity contribution in [2.45, 2.75) is 44.7 Å². The van der Waals surface area contributed by atoms with E-state index in [1.165, 1.54) is 38.2 Å². The van der Waals surface area contributed by atoms with Gasteiger partial charge in [-0.3, -0.25) is 9.69 Å². The number of rotatable bonds is 6. The zero-order chi connectivity index (χ0) is 18.5. The molecule has 0 saturated carbocycles. The molecule has 2 atom stereocenters. The highest BCUT2D eigenvalue weighted by Gasteiger charge is 2.34. The second-order valence-corrected chi connectivity index (χ2v) is 7.41. The quantitative estimate of drug-likeness (QED) is 0.724. The monoisotopic (exact) mass is 366 g/mol. The molecular weight excluding hydrogens is 338 g/mol.